The van der Waals surface area contributed by atoms with Crippen molar-refractivity contribution in [3.63, 3.8) is 0 Å². The van der Waals surface area contributed by atoms with Gasteiger partial charge in [0.2, 0.25) is 0 Å². The minimum absolute atomic E-state index is 0.511. The highest BCUT2D eigenvalue weighted by atomic mass is 14.9. The zero-order chi connectivity index (χ0) is 15.0. The van der Waals surface area contributed by atoms with Gasteiger partial charge in [0.05, 0.1) is 0 Å². The average molecular weight is 275 g/mol. The van der Waals surface area contributed by atoms with E-state index >= 15 is 0 Å². The molecule has 0 aliphatic rings. The van der Waals surface area contributed by atoms with Gasteiger partial charge in [0.15, 0.2) is 0 Å². The van der Waals surface area contributed by atoms with Crippen LogP contribution in [-0.2, 0) is 12.8 Å². The van der Waals surface area contributed by atoms with Crippen LogP contribution in [0.15, 0.2) is 18.2 Å². The van der Waals surface area contributed by atoms with Gasteiger partial charge in [0.25, 0.3) is 0 Å². The fourth-order valence-corrected chi connectivity index (χ4v) is 3.34. The van der Waals surface area contributed by atoms with E-state index < -0.39 is 0 Å². The van der Waals surface area contributed by atoms with Crippen LogP contribution in [0.5, 0.6) is 0 Å². The molecule has 0 aliphatic heterocycles. The molecule has 0 radical (unpaired) electrons. The van der Waals surface area contributed by atoms with Crippen molar-refractivity contribution in [3.05, 3.63) is 34.9 Å². The fraction of sp³-hybridized carbons (Fsp3) is 0.684. The van der Waals surface area contributed by atoms with Crippen molar-refractivity contribution < 1.29 is 0 Å². The molecule has 1 unspecified atom stereocenters. The number of aryl methyl sites for hydroxylation is 2. The maximum Gasteiger partial charge on any atom is 0.0348 e. The molecule has 20 heavy (non-hydrogen) atoms. The molecular weight excluding hydrogens is 242 g/mol. The first-order valence-corrected chi connectivity index (χ1v) is 8.50. The Kier molecular flexibility index (Phi) is 7.91. The monoisotopic (exact) mass is 275 g/mol. The van der Waals surface area contributed by atoms with Crippen molar-refractivity contribution >= 4 is 0 Å². The van der Waals surface area contributed by atoms with Gasteiger partial charge in [-0.3, -0.25) is 0 Å². The number of nitrogens with one attached hydrogen (secondary N) is 1. The Morgan fingerprint density at radius 3 is 2.05 bits per heavy atom. The summed E-state index contributed by atoms with van der Waals surface area (Å²) in [4.78, 5) is 0. The number of benzene rings is 1. The van der Waals surface area contributed by atoms with E-state index in [2.05, 4.69) is 58.3 Å². The van der Waals surface area contributed by atoms with Crippen LogP contribution >= 0.6 is 0 Å². The molecule has 1 atom stereocenters. The Morgan fingerprint density at radius 2 is 1.60 bits per heavy atom. The molecule has 1 heteroatoms. The summed E-state index contributed by atoms with van der Waals surface area (Å²) >= 11 is 0. The van der Waals surface area contributed by atoms with E-state index in [1.165, 1.54) is 36.8 Å². The number of hydrogen-bond donors (Lipinski definition) is 1. The standard InChI is InChI=1S/C19H33N/c1-6-10-17(11-7-2)19(20-5)18-14-15(8-3)12-13-16(18)9-4/h12-14,17,19-20H,6-11H2,1-5H3. The molecule has 1 N–H and O–H groups in total. The summed E-state index contributed by atoms with van der Waals surface area (Å²) in [5.41, 5.74) is 4.52. The van der Waals surface area contributed by atoms with E-state index in [-0.39, 0.29) is 0 Å². The molecule has 0 aromatic heterocycles. The number of hydrogen-bond acceptors (Lipinski definition) is 1. The van der Waals surface area contributed by atoms with E-state index in [0.717, 1.165) is 18.8 Å². The lowest BCUT2D eigenvalue weighted by molar-refractivity contribution is 0.329. The topological polar surface area (TPSA) is 12.0 Å². The van der Waals surface area contributed by atoms with Gasteiger partial charge < -0.3 is 5.32 Å². The Bertz CT molecular complexity index is 377. The summed E-state index contributed by atoms with van der Waals surface area (Å²) in [7, 11) is 2.13. The minimum atomic E-state index is 0.511. The quantitative estimate of drug-likeness (QED) is 0.646. The van der Waals surface area contributed by atoms with Gasteiger partial charge in [-0.25, -0.2) is 0 Å². The van der Waals surface area contributed by atoms with Gasteiger partial charge in [0, 0.05) is 6.04 Å². The molecule has 0 aliphatic carbocycles. The molecule has 0 amide bonds. The van der Waals surface area contributed by atoms with E-state index in [9.17, 15) is 0 Å². The lowest BCUT2D eigenvalue weighted by Gasteiger charge is -2.29. The average Bonchev–Trinajstić information content (AvgIpc) is 2.48. The molecular formula is C19H33N. The van der Waals surface area contributed by atoms with Gasteiger partial charge in [-0.15, -0.1) is 0 Å². The maximum absolute atomic E-state index is 3.61. The molecule has 0 fully saturated rings. The molecule has 0 bridgehead atoms. The molecule has 0 saturated heterocycles. The first-order valence-electron chi connectivity index (χ1n) is 8.50. The first-order chi connectivity index (χ1) is 9.71. The minimum Gasteiger partial charge on any atom is -0.313 e. The second-order valence-corrected chi connectivity index (χ2v) is 5.84. The Labute approximate surface area is 126 Å². The zero-order valence-electron chi connectivity index (χ0n) is 14.1. The van der Waals surface area contributed by atoms with Crippen LogP contribution in [-0.4, -0.2) is 7.05 Å². The lowest BCUT2D eigenvalue weighted by Crippen LogP contribution is -2.26. The normalized spacial score (nSPS) is 12.9. The summed E-state index contributed by atoms with van der Waals surface area (Å²) in [6.07, 6.45) is 7.44. The summed E-state index contributed by atoms with van der Waals surface area (Å²) in [5.74, 6) is 0.757. The van der Waals surface area contributed by atoms with Gasteiger partial charge in [-0.05, 0) is 55.3 Å². The predicted octanol–water partition coefficient (Wildman–Crippen LogP) is 5.29. The number of rotatable bonds is 9. The molecule has 0 saturated carbocycles. The van der Waals surface area contributed by atoms with Crippen molar-refractivity contribution in [2.24, 2.45) is 5.92 Å². The summed E-state index contributed by atoms with van der Waals surface area (Å²) < 4.78 is 0. The van der Waals surface area contributed by atoms with Crippen LogP contribution < -0.4 is 5.32 Å². The third-order valence-corrected chi connectivity index (χ3v) is 4.44. The molecule has 0 spiro atoms. The van der Waals surface area contributed by atoms with Crippen LogP contribution in [0.4, 0.5) is 0 Å². The van der Waals surface area contributed by atoms with Crippen molar-refractivity contribution in [2.45, 2.75) is 72.3 Å². The van der Waals surface area contributed by atoms with Crippen LogP contribution in [0.1, 0.15) is 76.1 Å². The molecule has 114 valence electrons. The van der Waals surface area contributed by atoms with E-state index in [0.29, 0.717) is 6.04 Å². The smallest absolute Gasteiger partial charge is 0.0348 e. The van der Waals surface area contributed by atoms with Crippen LogP contribution in [0.25, 0.3) is 0 Å². The Hall–Kier alpha value is -0.820. The van der Waals surface area contributed by atoms with Crippen molar-refractivity contribution in [1.29, 1.82) is 0 Å². The molecule has 1 aromatic rings. The van der Waals surface area contributed by atoms with E-state index in [4.69, 9.17) is 0 Å². The zero-order valence-corrected chi connectivity index (χ0v) is 14.1. The van der Waals surface area contributed by atoms with Crippen LogP contribution in [0.3, 0.4) is 0 Å². The third-order valence-electron chi connectivity index (χ3n) is 4.44. The predicted molar refractivity (Wildman–Crippen MR) is 90.3 cm³/mol. The third kappa shape index (κ3) is 4.34. The molecule has 1 aromatic carbocycles. The van der Waals surface area contributed by atoms with E-state index in [1.54, 1.807) is 5.56 Å². The summed E-state index contributed by atoms with van der Waals surface area (Å²) in [6, 6.07) is 7.59. The second kappa shape index (κ2) is 9.18. The SMILES string of the molecule is CCCC(CCC)C(NC)c1cc(CC)ccc1CC. The highest BCUT2D eigenvalue weighted by Crippen LogP contribution is 2.32. The Morgan fingerprint density at radius 1 is 0.950 bits per heavy atom. The van der Waals surface area contributed by atoms with Gasteiger partial charge in [-0.2, -0.15) is 0 Å². The molecule has 1 nitrogen and oxygen atoms in total. The maximum atomic E-state index is 3.61. The summed E-state index contributed by atoms with van der Waals surface area (Å²) in [5, 5.41) is 3.61. The van der Waals surface area contributed by atoms with Gasteiger partial charge in [-0.1, -0.05) is 58.7 Å². The fourth-order valence-electron chi connectivity index (χ4n) is 3.34. The largest absolute Gasteiger partial charge is 0.313 e. The van der Waals surface area contributed by atoms with Gasteiger partial charge >= 0.3 is 0 Å². The first kappa shape index (κ1) is 17.2. The molecule has 0 heterocycles. The van der Waals surface area contributed by atoms with Crippen molar-refractivity contribution in [3.8, 4) is 0 Å². The van der Waals surface area contributed by atoms with Crippen molar-refractivity contribution in [2.75, 3.05) is 7.05 Å². The highest BCUT2D eigenvalue weighted by molar-refractivity contribution is 5.35. The van der Waals surface area contributed by atoms with Crippen LogP contribution in [0.2, 0.25) is 0 Å². The second-order valence-electron chi connectivity index (χ2n) is 5.84. The lowest BCUT2D eigenvalue weighted by atomic mass is 9.83. The highest BCUT2D eigenvalue weighted by Gasteiger charge is 2.22. The van der Waals surface area contributed by atoms with Crippen molar-refractivity contribution in [1.82, 2.24) is 5.32 Å². The van der Waals surface area contributed by atoms with Crippen LogP contribution in [0, 0.1) is 5.92 Å². The van der Waals surface area contributed by atoms with Gasteiger partial charge in [0.1, 0.15) is 0 Å². The van der Waals surface area contributed by atoms with E-state index in [1.807, 2.05) is 0 Å². The summed E-state index contributed by atoms with van der Waals surface area (Å²) in [6.45, 7) is 9.12. The molecule has 1 rings (SSSR count). The Balaban J connectivity index is 3.13.